The zero-order valence-electron chi connectivity index (χ0n) is 15.1. The summed E-state index contributed by atoms with van der Waals surface area (Å²) in [6.07, 6.45) is 0.442. The summed E-state index contributed by atoms with van der Waals surface area (Å²) in [6, 6.07) is 7.51. The minimum atomic E-state index is 0.190. The molecule has 1 aromatic carbocycles. The van der Waals surface area contributed by atoms with Gasteiger partial charge in [0.15, 0.2) is 0 Å². The number of piperazine rings is 1. The molecule has 1 aromatic heterocycles. The molecule has 1 aliphatic heterocycles. The first-order chi connectivity index (χ1) is 11.9. The maximum absolute atomic E-state index is 12.5. The smallest absolute Gasteiger partial charge is 0.227 e. The van der Waals surface area contributed by atoms with Gasteiger partial charge >= 0.3 is 0 Å². The van der Waals surface area contributed by atoms with Gasteiger partial charge in [0.25, 0.3) is 0 Å². The Kier molecular flexibility index (Phi) is 5.45. The van der Waals surface area contributed by atoms with Gasteiger partial charge in [0.2, 0.25) is 5.91 Å². The van der Waals surface area contributed by atoms with Crippen LogP contribution in [-0.4, -0.2) is 51.7 Å². The molecule has 134 valence electrons. The lowest BCUT2D eigenvalue weighted by atomic mass is 10.1. The fourth-order valence-corrected chi connectivity index (χ4v) is 3.44. The highest BCUT2D eigenvalue weighted by atomic mass is 35.5. The molecule has 5 nitrogen and oxygen atoms in total. The number of carbonyl (C=O) groups is 1. The largest absolute Gasteiger partial charge is 0.340 e. The molecule has 0 aliphatic carbocycles. The van der Waals surface area contributed by atoms with Crippen molar-refractivity contribution in [3.8, 4) is 0 Å². The Morgan fingerprint density at radius 1 is 1.12 bits per heavy atom. The lowest BCUT2D eigenvalue weighted by molar-refractivity contribution is -0.132. The van der Waals surface area contributed by atoms with Crippen molar-refractivity contribution in [3.63, 3.8) is 0 Å². The van der Waals surface area contributed by atoms with Gasteiger partial charge in [0.1, 0.15) is 0 Å². The summed E-state index contributed by atoms with van der Waals surface area (Å²) in [6.45, 7) is 8.45. The predicted octanol–water partition coefficient (Wildman–Crippen LogP) is 2.58. The fourth-order valence-electron chi connectivity index (χ4n) is 3.31. The molecule has 1 amide bonds. The predicted molar refractivity (Wildman–Crippen MR) is 99.7 cm³/mol. The molecule has 2 heterocycles. The van der Waals surface area contributed by atoms with E-state index < -0.39 is 0 Å². The monoisotopic (exact) mass is 360 g/mol. The minimum absolute atomic E-state index is 0.190. The standard InChI is InChI=1S/C19H25ClN4O/c1-14-18(15(2)22(3)21-14)13-23-8-10-24(11-9-23)19(25)12-16-4-6-17(20)7-5-16/h4-7H,8-13H2,1-3H3. The van der Waals surface area contributed by atoms with Crippen molar-refractivity contribution >= 4 is 17.5 Å². The summed E-state index contributed by atoms with van der Waals surface area (Å²) in [5, 5.41) is 5.19. The molecule has 25 heavy (non-hydrogen) atoms. The number of nitrogens with zero attached hydrogens (tertiary/aromatic N) is 4. The van der Waals surface area contributed by atoms with Crippen LogP contribution in [0.15, 0.2) is 24.3 Å². The summed E-state index contributed by atoms with van der Waals surface area (Å²) in [5.41, 5.74) is 4.64. The zero-order valence-corrected chi connectivity index (χ0v) is 15.9. The zero-order chi connectivity index (χ0) is 18.0. The Morgan fingerprint density at radius 2 is 1.76 bits per heavy atom. The number of amides is 1. The van der Waals surface area contributed by atoms with Crippen LogP contribution in [0.5, 0.6) is 0 Å². The van der Waals surface area contributed by atoms with Gasteiger partial charge < -0.3 is 4.90 Å². The molecule has 1 fully saturated rings. The molecule has 0 spiro atoms. The number of benzene rings is 1. The number of hydrogen-bond donors (Lipinski definition) is 0. The van der Waals surface area contributed by atoms with Crippen molar-refractivity contribution in [1.29, 1.82) is 0 Å². The third kappa shape index (κ3) is 4.22. The highest BCUT2D eigenvalue weighted by molar-refractivity contribution is 6.30. The Morgan fingerprint density at radius 3 is 2.32 bits per heavy atom. The average molecular weight is 361 g/mol. The SMILES string of the molecule is Cc1nn(C)c(C)c1CN1CCN(C(=O)Cc2ccc(Cl)cc2)CC1. The van der Waals surface area contributed by atoms with Crippen LogP contribution < -0.4 is 0 Å². The van der Waals surface area contributed by atoms with Gasteiger partial charge in [-0.25, -0.2) is 0 Å². The second kappa shape index (κ2) is 7.58. The summed E-state index contributed by atoms with van der Waals surface area (Å²) in [7, 11) is 1.99. The van der Waals surface area contributed by atoms with E-state index in [9.17, 15) is 4.79 Å². The summed E-state index contributed by atoms with van der Waals surface area (Å²) >= 11 is 5.90. The number of hydrogen-bond acceptors (Lipinski definition) is 3. The molecule has 1 aliphatic rings. The Labute approximate surface area is 154 Å². The van der Waals surface area contributed by atoms with E-state index in [0.29, 0.717) is 11.4 Å². The fraction of sp³-hybridized carbons (Fsp3) is 0.474. The van der Waals surface area contributed by atoms with Crippen molar-refractivity contribution in [2.24, 2.45) is 7.05 Å². The Hall–Kier alpha value is -1.85. The van der Waals surface area contributed by atoms with Crippen LogP contribution in [0.2, 0.25) is 5.02 Å². The Bertz CT molecular complexity index is 746. The third-order valence-corrected chi connectivity index (χ3v) is 5.29. The first kappa shape index (κ1) is 18.0. The second-order valence-electron chi connectivity index (χ2n) is 6.73. The molecule has 0 bridgehead atoms. The van der Waals surface area contributed by atoms with E-state index in [1.54, 1.807) is 0 Å². The molecule has 0 atom stereocenters. The first-order valence-corrected chi connectivity index (χ1v) is 9.05. The van der Waals surface area contributed by atoms with E-state index in [4.69, 9.17) is 11.6 Å². The van der Waals surface area contributed by atoms with Crippen LogP contribution in [0.1, 0.15) is 22.5 Å². The van der Waals surface area contributed by atoms with Gasteiger partial charge in [0, 0.05) is 56.1 Å². The van der Waals surface area contributed by atoms with Gasteiger partial charge in [-0.2, -0.15) is 5.10 Å². The van der Waals surface area contributed by atoms with Gasteiger partial charge in [0.05, 0.1) is 12.1 Å². The van der Waals surface area contributed by atoms with Crippen molar-refractivity contribution < 1.29 is 4.79 Å². The molecule has 6 heteroatoms. The van der Waals surface area contributed by atoms with Crippen molar-refractivity contribution in [2.45, 2.75) is 26.8 Å². The molecule has 2 aromatic rings. The van der Waals surface area contributed by atoms with Crippen molar-refractivity contribution in [2.75, 3.05) is 26.2 Å². The van der Waals surface area contributed by atoms with Crippen molar-refractivity contribution in [3.05, 3.63) is 51.8 Å². The third-order valence-electron chi connectivity index (χ3n) is 5.03. The van der Waals surface area contributed by atoms with Crippen LogP contribution >= 0.6 is 11.6 Å². The molecule has 0 N–H and O–H groups in total. The summed E-state index contributed by atoms with van der Waals surface area (Å²) in [5.74, 6) is 0.190. The molecule has 1 saturated heterocycles. The number of halogens is 1. The normalized spacial score (nSPS) is 15.6. The van der Waals surface area contributed by atoms with Crippen LogP contribution in [0.25, 0.3) is 0 Å². The van der Waals surface area contributed by atoms with Crippen LogP contribution in [0, 0.1) is 13.8 Å². The average Bonchev–Trinajstić information content (AvgIpc) is 2.84. The van der Waals surface area contributed by atoms with Gasteiger partial charge in [-0.3, -0.25) is 14.4 Å². The quantitative estimate of drug-likeness (QED) is 0.841. The summed E-state index contributed by atoms with van der Waals surface area (Å²) < 4.78 is 1.94. The lowest BCUT2D eigenvalue weighted by Gasteiger charge is -2.35. The summed E-state index contributed by atoms with van der Waals surface area (Å²) in [4.78, 5) is 16.9. The number of carbonyl (C=O) groups excluding carboxylic acids is 1. The van der Waals surface area contributed by atoms with E-state index in [1.165, 1.54) is 11.3 Å². The maximum Gasteiger partial charge on any atom is 0.227 e. The minimum Gasteiger partial charge on any atom is -0.340 e. The second-order valence-corrected chi connectivity index (χ2v) is 7.17. The topological polar surface area (TPSA) is 41.4 Å². The van der Waals surface area contributed by atoms with Crippen LogP contribution in [0.4, 0.5) is 0 Å². The highest BCUT2D eigenvalue weighted by Crippen LogP contribution is 2.17. The van der Waals surface area contributed by atoms with Crippen LogP contribution in [-0.2, 0) is 24.8 Å². The maximum atomic E-state index is 12.5. The van der Waals surface area contributed by atoms with Gasteiger partial charge in [-0.05, 0) is 31.5 Å². The van der Waals surface area contributed by atoms with Crippen molar-refractivity contribution in [1.82, 2.24) is 19.6 Å². The van der Waals surface area contributed by atoms with Gasteiger partial charge in [-0.15, -0.1) is 0 Å². The van der Waals surface area contributed by atoms with Gasteiger partial charge in [-0.1, -0.05) is 23.7 Å². The molecular formula is C19H25ClN4O. The number of aromatic nitrogens is 2. The molecular weight excluding hydrogens is 336 g/mol. The Balaban J connectivity index is 1.53. The van der Waals surface area contributed by atoms with E-state index in [0.717, 1.165) is 44.0 Å². The van der Waals surface area contributed by atoms with E-state index in [-0.39, 0.29) is 5.91 Å². The molecule has 0 unspecified atom stereocenters. The van der Waals surface area contributed by atoms with E-state index >= 15 is 0 Å². The first-order valence-electron chi connectivity index (χ1n) is 8.67. The lowest BCUT2D eigenvalue weighted by Crippen LogP contribution is -2.48. The number of aryl methyl sites for hydroxylation is 2. The molecule has 3 rings (SSSR count). The number of rotatable bonds is 4. The molecule has 0 radical (unpaired) electrons. The molecule has 0 saturated carbocycles. The van der Waals surface area contributed by atoms with E-state index in [2.05, 4.69) is 23.8 Å². The van der Waals surface area contributed by atoms with Crippen LogP contribution in [0.3, 0.4) is 0 Å². The highest BCUT2D eigenvalue weighted by Gasteiger charge is 2.22. The van der Waals surface area contributed by atoms with E-state index in [1.807, 2.05) is 40.9 Å².